The van der Waals surface area contributed by atoms with Gasteiger partial charge >= 0.3 is 0 Å². The number of hydrazine groups is 1. The number of nitrogens with one attached hydrogen (secondary N) is 1. The molecule has 1 unspecified atom stereocenters. The Morgan fingerprint density at radius 2 is 2.11 bits per heavy atom. The van der Waals surface area contributed by atoms with E-state index in [0.29, 0.717) is 12.0 Å². The highest BCUT2D eigenvalue weighted by Crippen LogP contribution is 2.29. The summed E-state index contributed by atoms with van der Waals surface area (Å²) in [6.45, 7) is 2.08. The molecule has 3 N–H and O–H groups in total. The topological polar surface area (TPSA) is 55.9 Å². The first kappa shape index (κ1) is 14.8. The monoisotopic (exact) mass is 284 g/mol. The maximum atomic E-state index is 6.42. The number of hydrogen-bond acceptors (Lipinski definition) is 3. The normalized spacial score (nSPS) is 18.7. The van der Waals surface area contributed by atoms with E-state index in [0.717, 1.165) is 29.3 Å². The molecule has 0 amide bonds. The molecule has 0 aromatic carbocycles. The van der Waals surface area contributed by atoms with Gasteiger partial charge in [0.2, 0.25) is 0 Å². The van der Waals surface area contributed by atoms with Gasteiger partial charge < -0.3 is 0 Å². The molecule has 4 nitrogen and oxygen atoms in total. The van der Waals surface area contributed by atoms with Crippen molar-refractivity contribution in [3.05, 3.63) is 16.4 Å². The van der Waals surface area contributed by atoms with Gasteiger partial charge in [0.05, 0.1) is 16.4 Å². The highest BCUT2D eigenvalue weighted by molar-refractivity contribution is 6.31. The number of rotatable bonds is 5. The van der Waals surface area contributed by atoms with Crippen LogP contribution in [0.2, 0.25) is 5.02 Å². The van der Waals surface area contributed by atoms with Gasteiger partial charge in [-0.25, -0.2) is 0 Å². The second-order valence-corrected chi connectivity index (χ2v) is 5.94. The van der Waals surface area contributed by atoms with Gasteiger partial charge in [-0.05, 0) is 25.2 Å². The molecule has 1 heterocycles. The van der Waals surface area contributed by atoms with Crippen LogP contribution in [-0.4, -0.2) is 15.8 Å². The first-order chi connectivity index (χ1) is 9.17. The molecule has 0 radical (unpaired) electrons. The number of aryl methyl sites for hydroxylation is 2. The van der Waals surface area contributed by atoms with E-state index in [9.17, 15) is 0 Å². The van der Waals surface area contributed by atoms with Crippen molar-refractivity contribution >= 4 is 11.6 Å². The van der Waals surface area contributed by atoms with Crippen molar-refractivity contribution < 1.29 is 0 Å². The zero-order valence-electron chi connectivity index (χ0n) is 12.0. The van der Waals surface area contributed by atoms with Crippen molar-refractivity contribution in [3.63, 3.8) is 0 Å². The summed E-state index contributed by atoms with van der Waals surface area (Å²) in [6.07, 6.45) is 8.28. The van der Waals surface area contributed by atoms with Gasteiger partial charge in [-0.3, -0.25) is 16.0 Å². The maximum Gasteiger partial charge on any atom is 0.0850 e. The SMILES string of the molecule is CCc1nn(C)c(CC(NN)C2CCCCC2)c1Cl. The summed E-state index contributed by atoms with van der Waals surface area (Å²) in [7, 11) is 1.97. The standard InChI is InChI=1S/C14H25ClN4/c1-3-11-14(15)13(19(2)18-11)9-12(17-16)10-7-5-4-6-8-10/h10,12,17H,3-9,16H2,1-2H3. The van der Waals surface area contributed by atoms with Gasteiger partial charge in [-0.1, -0.05) is 37.8 Å². The number of nitrogens with zero attached hydrogens (tertiary/aromatic N) is 2. The maximum absolute atomic E-state index is 6.42. The second kappa shape index (κ2) is 6.73. The molecule has 108 valence electrons. The van der Waals surface area contributed by atoms with Crippen molar-refractivity contribution in [3.8, 4) is 0 Å². The van der Waals surface area contributed by atoms with Crippen molar-refractivity contribution in [2.75, 3.05) is 0 Å². The van der Waals surface area contributed by atoms with Gasteiger partial charge in [0.25, 0.3) is 0 Å². The molecule has 0 spiro atoms. The predicted molar refractivity (Wildman–Crippen MR) is 79.0 cm³/mol. The molecular formula is C14H25ClN4. The molecule has 1 saturated carbocycles. The summed E-state index contributed by atoms with van der Waals surface area (Å²) < 4.78 is 1.91. The number of halogens is 1. The third-order valence-corrected chi connectivity index (χ3v) is 4.79. The third-order valence-electron chi connectivity index (χ3n) is 4.35. The second-order valence-electron chi connectivity index (χ2n) is 5.56. The molecule has 0 aliphatic heterocycles. The van der Waals surface area contributed by atoms with Gasteiger partial charge in [0, 0.05) is 19.5 Å². The smallest absolute Gasteiger partial charge is 0.0850 e. The summed E-state index contributed by atoms with van der Waals surface area (Å²) >= 11 is 6.42. The number of hydrogen-bond donors (Lipinski definition) is 2. The van der Waals surface area contributed by atoms with Crippen LogP contribution >= 0.6 is 11.6 Å². The fourth-order valence-corrected chi connectivity index (χ4v) is 3.52. The fourth-order valence-electron chi connectivity index (χ4n) is 3.15. The van der Waals surface area contributed by atoms with Gasteiger partial charge in [-0.15, -0.1) is 0 Å². The van der Waals surface area contributed by atoms with Crippen LogP contribution < -0.4 is 11.3 Å². The lowest BCUT2D eigenvalue weighted by Crippen LogP contribution is -2.43. The van der Waals surface area contributed by atoms with Crippen LogP contribution in [0.3, 0.4) is 0 Å². The number of aromatic nitrogens is 2. The molecule has 0 bridgehead atoms. The van der Waals surface area contributed by atoms with Crippen LogP contribution in [-0.2, 0) is 19.9 Å². The van der Waals surface area contributed by atoms with Crippen LogP contribution in [0.15, 0.2) is 0 Å². The molecule has 1 aliphatic carbocycles. The predicted octanol–water partition coefficient (Wildman–Crippen LogP) is 2.59. The van der Waals surface area contributed by atoms with E-state index in [1.807, 2.05) is 11.7 Å². The Kier molecular flexibility index (Phi) is 5.25. The molecule has 5 heteroatoms. The highest BCUT2D eigenvalue weighted by Gasteiger charge is 2.25. The van der Waals surface area contributed by atoms with E-state index in [-0.39, 0.29) is 0 Å². The van der Waals surface area contributed by atoms with Crippen LogP contribution in [0.5, 0.6) is 0 Å². The van der Waals surface area contributed by atoms with E-state index in [4.69, 9.17) is 17.4 Å². The Balaban J connectivity index is 2.11. The van der Waals surface area contributed by atoms with Crippen molar-refractivity contribution in [2.24, 2.45) is 18.8 Å². The fraction of sp³-hybridized carbons (Fsp3) is 0.786. The Morgan fingerprint density at radius 1 is 1.42 bits per heavy atom. The highest BCUT2D eigenvalue weighted by atomic mass is 35.5. The summed E-state index contributed by atoms with van der Waals surface area (Å²) in [4.78, 5) is 0. The zero-order chi connectivity index (χ0) is 13.8. The van der Waals surface area contributed by atoms with Crippen LogP contribution in [0.1, 0.15) is 50.4 Å². The minimum Gasteiger partial charge on any atom is -0.271 e. The van der Waals surface area contributed by atoms with Crippen molar-refractivity contribution in [1.29, 1.82) is 0 Å². The first-order valence-electron chi connectivity index (χ1n) is 7.33. The minimum atomic E-state index is 0.304. The van der Waals surface area contributed by atoms with E-state index in [1.54, 1.807) is 0 Å². The molecule has 1 aromatic heterocycles. The lowest BCUT2D eigenvalue weighted by molar-refractivity contribution is 0.266. The third kappa shape index (κ3) is 3.30. The Labute approximate surface area is 120 Å². The van der Waals surface area contributed by atoms with Crippen LogP contribution in [0.25, 0.3) is 0 Å². The molecule has 1 fully saturated rings. The molecule has 1 aromatic rings. The average molecular weight is 285 g/mol. The summed E-state index contributed by atoms with van der Waals surface area (Å²) in [5.41, 5.74) is 5.09. The largest absolute Gasteiger partial charge is 0.271 e. The summed E-state index contributed by atoms with van der Waals surface area (Å²) in [6, 6.07) is 0.304. The number of nitrogens with two attached hydrogens (primary N) is 1. The van der Waals surface area contributed by atoms with Crippen LogP contribution in [0.4, 0.5) is 0 Å². The van der Waals surface area contributed by atoms with Gasteiger partial charge in [-0.2, -0.15) is 5.10 Å². The zero-order valence-corrected chi connectivity index (χ0v) is 12.7. The minimum absolute atomic E-state index is 0.304. The van der Waals surface area contributed by atoms with Crippen molar-refractivity contribution in [1.82, 2.24) is 15.2 Å². The lowest BCUT2D eigenvalue weighted by Gasteiger charge is -2.29. The Morgan fingerprint density at radius 3 is 2.63 bits per heavy atom. The summed E-state index contributed by atoms with van der Waals surface area (Å²) in [5, 5.41) is 5.30. The summed E-state index contributed by atoms with van der Waals surface area (Å²) in [5.74, 6) is 6.43. The van der Waals surface area contributed by atoms with E-state index in [2.05, 4.69) is 17.4 Å². The molecule has 1 atom stereocenters. The van der Waals surface area contributed by atoms with Crippen molar-refractivity contribution in [2.45, 2.75) is 57.9 Å². The average Bonchev–Trinajstić information content (AvgIpc) is 2.72. The Bertz CT molecular complexity index is 410. The Hall–Kier alpha value is -0.580. The van der Waals surface area contributed by atoms with Crippen LogP contribution in [0, 0.1) is 5.92 Å². The molecule has 0 saturated heterocycles. The molecule has 2 rings (SSSR count). The molecular weight excluding hydrogens is 260 g/mol. The molecule has 19 heavy (non-hydrogen) atoms. The van der Waals surface area contributed by atoms with E-state index < -0.39 is 0 Å². The van der Waals surface area contributed by atoms with E-state index in [1.165, 1.54) is 32.1 Å². The van der Waals surface area contributed by atoms with E-state index >= 15 is 0 Å². The van der Waals surface area contributed by atoms with Gasteiger partial charge in [0.1, 0.15) is 0 Å². The van der Waals surface area contributed by atoms with Gasteiger partial charge in [0.15, 0.2) is 0 Å². The lowest BCUT2D eigenvalue weighted by atomic mass is 9.82. The first-order valence-corrected chi connectivity index (χ1v) is 7.71. The molecule has 1 aliphatic rings. The quantitative estimate of drug-likeness (QED) is 0.645.